The number of thioether (sulfide) groups is 1. The van der Waals surface area contributed by atoms with Crippen LogP contribution in [0, 0.1) is 5.92 Å². The van der Waals surface area contributed by atoms with Gasteiger partial charge in [0.15, 0.2) is 0 Å². The maximum atomic E-state index is 12.2. The van der Waals surface area contributed by atoms with Crippen LogP contribution in [0.2, 0.25) is 0 Å². The summed E-state index contributed by atoms with van der Waals surface area (Å²) in [6.07, 6.45) is 5.42. The van der Waals surface area contributed by atoms with Gasteiger partial charge in [-0.15, -0.1) is 23.1 Å². The lowest BCUT2D eigenvalue weighted by Gasteiger charge is -2.17. The molecular formula is C15H25N3OS2. The molecule has 0 aromatic carbocycles. The van der Waals surface area contributed by atoms with Crippen molar-refractivity contribution in [2.24, 2.45) is 5.92 Å². The van der Waals surface area contributed by atoms with Crippen molar-refractivity contribution < 1.29 is 4.79 Å². The lowest BCUT2D eigenvalue weighted by atomic mass is 10.1. The van der Waals surface area contributed by atoms with Gasteiger partial charge < -0.3 is 16.0 Å². The first-order valence-electron chi connectivity index (χ1n) is 7.61. The van der Waals surface area contributed by atoms with E-state index in [2.05, 4.69) is 17.1 Å². The van der Waals surface area contributed by atoms with E-state index in [0.29, 0.717) is 17.1 Å². The molecule has 0 bridgehead atoms. The van der Waals surface area contributed by atoms with Crippen LogP contribution in [0.5, 0.6) is 0 Å². The average Bonchev–Trinajstić information content (AvgIpc) is 3.08. The normalized spacial score (nSPS) is 18.2. The zero-order valence-electron chi connectivity index (χ0n) is 13.1. The van der Waals surface area contributed by atoms with E-state index < -0.39 is 0 Å². The van der Waals surface area contributed by atoms with Gasteiger partial charge in [-0.05, 0) is 25.0 Å². The second-order valence-electron chi connectivity index (χ2n) is 5.45. The van der Waals surface area contributed by atoms with Crippen molar-refractivity contribution >= 4 is 39.7 Å². The van der Waals surface area contributed by atoms with Crippen molar-refractivity contribution in [1.29, 1.82) is 0 Å². The number of nitrogens with one attached hydrogen (secondary N) is 1. The van der Waals surface area contributed by atoms with Gasteiger partial charge in [0.05, 0.1) is 10.6 Å². The SMILES string of the molecule is CCCNC(=O)c1sc(N2CCC(CC)C2)c(SC)c1N. The molecular weight excluding hydrogens is 302 g/mol. The van der Waals surface area contributed by atoms with Crippen LogP contribution in [0.1, 0.15) is 42.8 Å². The molecule has 0 aliphatic carbocycles. The average molecular weight is 328 g/mol. The summed E-state index contributed by atoms with van der Waals surface area (Å²) >= 11 is 3.19. The number of hydrogen-bond donors (Lipinski definition) is 2. The zero-order chi connectivity index (χ0) is 15.4. The van der Waals surface area contributed by atoms with E-state index >= 15 is 0 Å². The van der Waals surface area contributed by atoms with Gasteiger partial charge in [0.2, 0.25) is 0 Å². The van der Waals surface area contributed by atoms with Crippen molar-refractivity contribution in [2.75, 3.05) is 36.5 Å². The number of hydrogen-bond acceptors (Lipinski definition) is 5. The molecule has 1 aliphatic rings. The summed E-state index contributed by atoms with van der Waals surface area (Å²) in [6.45, 7) is 7.14. The summed E-state index contributed by atoms with van der Waals surface area (Å²) in [5.74, 6) is 0.729. The highest BCUT2D eigenvalue weighted by atomic mass is 32.2. The third-order valence-corrected chi connectivity index (χ3v) is 6.19. The Balaban J connectivity index is 2.24. The van der Waals surface area contributed by atoms with Crippen LogP contribution in [0.4, 0.5) is 10.7 Å². The maximum Gasteiger partial charge on any atom is 0.263 e. The fraction of sp³-hybridized carbons (Fsp3) is 0.667. The van der Waals surface area contributed by atoms with Gasteiger partial charge in [0.25, 0.3) is 5.91 Å². The minimum Gasteiger partial charge on any atom is -0.396 e. The lowest BCUT2D eigenvalue weighted by molar-refractivity contribution is 0.0958. The predicted octanol–water partition coefficient (Wildman–Crippen LogP) is 3.43. The molecule has 21 heavy (non-hydrogen) atoms. The molecule has 0 saturated carbocycles. The number of nitrogens with two attached hydrogens (primary N) is 1. The second kappa shape index (κ2) is 7.40. The number of carbonyl (C=O) groups is 1. The minimum absolute atomic E-state index is 0.0351. The third kappa shape index (κ3) is 3.48. The van der Waals surface area contributed by atoms with Crippen molar-refractivity contribution in [3.05, 3.63) is 4.88 Å². The second-order valence-corrected chi connectivity index (χ2v) is 7.26. The first kappa shape index (κ1) is 16.5. The molecule has 118 valence electrons. The molecule has 1 unspecified atom stereocenters. The van der Waals surface area contributed by atoms with Gasteiger partial charge >= 0.3 is 0 Å². The third-order valence-electron chi connectivity index (χ3n) is 3.98. The summed E-state index contributed by atoms with van der Waals surface area (Å²) in [7, 11) is 0. The highest BCUT2D eigenvalue weighted by Crippen LogP contribution is 2.45. The lowest BCUT2D eigenvalue weighted by Crippen LogP contribution is -2.23. The number of amides is 1. The van der Waals surface area contributed by atoms with Crippen molar-refractivity contribution in [3.8, 4) is 0 Å². The summed E-state index contributed by atoms with van der Waals surface area (Å²) in [6, 6.07) is 0. The Labute approximate surface area is 135 Å². The quantitative estimate of drug-likeness (QED) is 0.786. The number of thiophene rings is 1. The molecule has 3 N–H and O–H groups in total. The molecule has 1 aliphatic heterocycles. The Morgan fingerprint density at radius 3 is 2.86 bits per heavy atom. The molecule has 0 radical (unpaired) electrons. The first-order valence-corrected chi connectivity index (χ1v) is 9.65. The Morgan fingerprint density at radius 2 is 2.29 bits per heavy atom. The van der Waals surface area contributed by atoms with E-state index in [9.17, 15) is 4.79 Å². The van der Waals surface area contributed by atoms with Crippen LogP contribution in [0.15, 0.2) is 4.90 Å². The molecule has 1 atom stereocenters. The molecule has 1 saturated heterocycles. The molecule has 2 heterocycles. The predicted molar refractivity (Wildman–Crippen MR) is 93.7 cm³/mol. The van der Waals surface area contributed by atoms with Crippen molar-refractivity contribution in [1.82, 2.24) is 5.32 Å². The highest BCUT2D eigenvalue weighted by molar-refractivity contribution is 7.99. The molecule has 1 amide bonds. The molecule has 2 rings (SSSR count). The van der Waals surface area contributed by atoms with E-state index in [-0.39, 0.29) is 5.91 Å². The highest BCUT2D eigenvalue weighted by Gasteiger charge is 2.28. The molecule has 0 spiro atoms. The number of anilines is 2. The molecule has 4 nitrogen and oxygen atoms in total. The largest absolute Gasteiger partial charge is 0.396 e. The number of nitrogen functional groups attached to an aromatic ring is 1. The Kier molecular flexibility index (Phi) is 5.81. The molecule has 6 heteroatoms. The van der Waals surface area contributed by atoms with Gasteiger partial charge in [-0.3, -0.25) is 4.79 Å². The first-order chi connectivity index (χ1) is 10.1. The van der Waals surface area contributed by atoms with Gasteiger partial charge in [0.1, 0.15) is 9.88 Å². The van der Waals surface area contributed by atoms with Gasteiger partial charge in [0, 0.05) is 19.6 Å². The Bertz CT molecular complexity index is 501. The fourth-order valence-corrected chi connectivity index (χ4v) is 4.79. The standard InChI is InChI=1S/C15H25N3OS2/c1-4-7-17-14(19)12-11(16)13(20-3)15(21-12)18-8-6-10(5-2)9-18/h10H,4-9,16H2,1-3H3,(H,17,19). The summed E-state index contributed by atoms with van der Waals surface area (Å²) < 4.78 is 0. The van der Waals surface area contributed by atoms with Gasteiger partial charge in [-0.2, -0.15) is 0 Å². The number of rotatable bonds is 6. The topological polar surface area (TPSA) is 58.4 Å². The van der Waals surface area contributed by atoms with Crippen molar-refractivity contribution in [3.63, 3.8) is 0 Å². The van der Waals surface area contributed by atoms with E-state index in [4.69, 9.17) is 5.73 Å². The van der Waals surface area contributed by atoms with Crippen LogP contribution >= 0.6 is 23.1 Å². The van der Waals surface area contributed by atoms with Crippen LogP contribution in [0.3, 0.4) is 0 Å². The van der Waals surface area contributed by atoms with Crippen molar-refractivity contribution in [2.45, 2.75) is 38.0 Å². The van der Waals surface area contributed by atoms with E-state index in [1.165, 1.54) is 17.8 Å². The number of carbonyl (C=O) groups excluding carboxylic acids is 1. The molecule has 1 aromatic heterocycles. The van der Waals surface area contributed by atoms with Gasteiger partial charge in [-0.1, -0.05) is 20.3 Å². The minimum atomic E-state index is -0.0351. The van der Waals surface area contributed by atoms with Gasteiger partial charge in [-0.25, -0.2) is 0 Å². The van der Waals surface area contributed by atoms with E-state index in [1.54, 1.807) is 23.1 Å². The molecule has 1 fully saturated rings. The smallest absolute Gasteiger partial charge is 0.263 e. The van der Waals surface area contributed by atoms with Crippen LogP contribution in [-0.2, 0) is 0 Å². The summed E-state index contributed by atoms with van der Waals surface area (Å²) in [5, 5.41) is 4.11. The fourth-order valence-electron chi connectivity index (χ4n) is 2.66. The Hall–Kier alpha value is -0.880. The Morgan fingerprint density at radius 1 is 1.52 bits per heavy atom. The summed E-state index contributed by atoms with van der Waals surface area (Å²) in [5.41, 5.74) is 6.87. The van der Waals surface area contributed by atoms with Crippen LogP contribution < -0.4 is 16.0 Å². The zero-order valence-corrected chi connectivity index (χ0v) is 14.7. The van der Waals surface area contributed by atoms with Crippen LogP contribution in [-0.4, -0.2) is 31.8 Å². The van der Waals surface area contributed by atoms with E-state index in [1.807, 2.05) is 13.2 Å². The monoisotopic (exact) mass is 327 g/mol. The van der Waals surface area contributed by atoms with E-state index in [0.717, 1.165) is 30.3 Å². The maximum absolute atomic E-state index is 12.2. The summed E-state index contributed by atoms with van der Waals surface area (Å²) in [4.78, 5) is 16.4. The number of nitrogens with zero attached hydrogens (tertiary/aromatic N) is 1. The van der Waals surface area contributed by atoms with Crippen LogP contribution in [0.25, 0.3) is 0 Å². The molecule has 1 aromatic rings.